The number of fused-ring (bicyclic) bond motifs is 1. The summed E-state index contributed by atoms with van der Waals surface area (Å²) in [4.78, 5) is 26.1. The Labute approximate surface area is 108 Å². The molecule has 0 saturated carbocycles. The summed E-state index contributed by atoms with van der Waals surface area (Å²) in [5, 5.41) is 2.46. The lowest BCUT2D eigenvalue weighted by atomic mass is 9.72. The van der Waals surface area contributed by atoms with Crippen molar-refractivity contribution in [2.45, 2.75) is 20.3 Å². The highest BCUT2D eigenvalue weighted by Gasteiger charge is 2.52. The lowest BCUT2D eigenvalue weighted by Gasteiger charge is -2.30. The van der Waals surface area contributed by atoms with E-state index in [0.29, 0.717) is 6.42 Å². The summed E-state index contributed by atoms with van der Waals surface area (Å²) in [6.45, 7) is 6.98. The van der Waals surface area contributed by atoms with Crippen LogP contribution >= 0.6 is 0 Å². The molecule has 1 fully saturated rings. The van der Waals surface area contributed by atoms with Gasteiger partial charge in [-0.3, -0.25) is 14.9 Å². The molecule has 0 aromatic carbocycles. The van der Waals surface area contributed by atoms with Gasteiger partial charge in [0.05, 0.1) is 11.3 Å². The fourth-order valence-electron chi connectivity index (χ4n) is 2.76. The maximum Gasteiger partial charge on any atom is 0.237 e. The van der Waals surface area contributed by atoms with Gasteiger partial charge in [-0.25, -0.2) is 0 Å². The monoisotopic (exact) mass is 248 g/mol. The van der Waals surface area contributed by atoms with Crippen LogP contribution in [0.4, 0.5) is 0 Å². The molecule has 1 saturated heterocycles. The highest BCUT2D eigenvalue weighted by atomic mass is 16.2. The second kappa shape index (κ2) is 5.06. The number of allylic oxidation sites excluding steroid dienone is 2. The van der Waals surface area contributed by atoms with Crippen LogP contribution in [0.5, 0.6) is 0 Å². The average Bonchev–Trinajstić information content (AvgIpc) is 2.64. The summed E-state index contributed by atoms with van der Waals surface area (Å²) in [6.07, 6.45) is 8.14. The van der Waals surface area contributed by atoms with E-state index in [4.69, 9.17) is 0 Å². The molecule has 2 unspecified atom stereocenters. The number of imide groups is 1. The highest BCUT2D eigenvalue weighted by Crippen LogP contribution is 2.41. The Hall–Kier alpha value is -1.42. The van der Waals surface area contributed by atoms with Crippen LogP contribution in [0, 0.1) is 11.3 Å². The second-order valence-electron chi connectivity index (χ2n) is 4.86. The average molecular weight is 248 g/mol. The maximum atomic E-state index is 12.1. The van der Waals surface area contributed by atoms with E-state index in [1.54, 1.807) is 0 Å². The molecule has 4 nitrogen and oxygen atoms in total. The van der Waals surface area contributed by atoms with Crippen LogP contribution in [-0.4, -0.2) is 36.3 Å². The quantitative estimate of drug-likeness (QED) is 0.741. The van der Waals surface area contributed by atoms with E-state index in [1.165, 1.54) is 0 Å². The first-order chi connectivity index (χ1) is 8.64. The van der Waals surface area contributed by atoms with Gasteiger partial charge in [0.2, 0.25) is 11.8 Å². The minimum absolute atomic E-state index is 0.148. The number of amides is 2. The number of carbonyl (C=O) groups is 2. The SMILES string of the molecule is CCN(CC)CCC12C=CC=CC1C(=O)NC2=O. The molecular weight excluding hydrogens is 228 g/mol. The van der Waals surface area contributed by atoms with E-state index in [-0.39, 0.29) is 17.7 Å². The molecule has 0 spiro atoms. The molecule has 4 heteroatoms. The fourth-order valence-corrected chi connectivity index (χ4v) is 2.76. The molecule has 0 bridgehead atoms. The van der Waals surface area contributed by atoms with Crippen LogP contribution in [0.2, 0.25) is 0 Å². The Kier molecular flexibility index (Phi) is 3.66. The van der Waals surface area contributed by atoms with E-state index in [2.05, 4.69) is 24.1 Å². The molecule has 0 aromatic rings. The molecule has 18 heavy (non-hydrogen) atoms. The molecule has 2 rings (SSSR count). The second-order valence-corrected chi connectivity index (χ2v) is 4.86. The molecule has 98 valence electrons. The summed E-state index contributed by atoms with van der Waals surface area (Å²) in [5.41, 5.74) is -0.658. The van der Waals surface area contributed by atoms with E-state index < -0.39 is 5.41 Å². The van der Waals surface area contributed by atoms with Gasteiger partial charge in [-0.2, -0.15) is 0 Å². The first-order valence-corrected chi connectivity index (χ1v) is 6.57. The lowest BCUT2D eigenvalue weighted by molar-refractivity contribution is -0.127. The Morgan fingerprint density at radius 1 is 1.28 bits per heavy atom. The molecule has 2 aliphatic rings. The topological polar surface area (TPSA) is 49.4 Å². The van der Waals surface area contributed by atoms with Gasteiger partial charge in [-0.05, 0) is 26.1 Å². The summed E-state index contributed by atoms with van der Waals surface area (Å²) < 4.78 is 0. The largest absolute Gasteiger partial charge is 0.304 e. The molecule has 1 aliphatic heterocycles. The Balaban J connectivity index is 2.16. The Bertz CT molecular complexity index is 410. The van der Waals surface area contributed by atoms with Crippen molar-refractivity contribution < 1.29 is 9.59 Å². The van der Waals surface area contributed by atoms with E-state index in [1.807, 2.05) is 24.3 Å². The van der Waals surface area contributed by atoms with E-state index in [9.17, 15) is 9.59 Å². The minimum Gasteiger partial charge on any atom is -0.304 e. The predicted octanol–water partition coefficient (Wildman–Crippen LogP) is 1.10. The smallest absolute Gasteiger partial charge is 0.237 e. The van der Waals surface area contributed by atoms with Gasteiger partial charge in [-0.15, -0.1) is 0 Å². The molecule has 0 radical (unpaired) electrons. The maximum absolute atomic E-state index is 12.1. The van der Waals surface area contributed by atoms with Crippen LogP contribution in [0.3, 0.4) is 0 Å². The number of nitrogens with one attached hydrogen (secondary N) is 1. The van der Waals surface area contributed by atoms with Gasteiger partial charge in [-0.1, -0.05) is 38.2 Å². The van der Waals surface area contributed by atoms with Crippen molar-refractivity contribution in [1.29, 1.82) is 0 Å². The third-order valence-electron chi connectivity index (χ3n) is 4.04. The summed E-state index contributed by atoms with van der Waals surface area (Å²) in [6, 6.07) is 0. The molecular formula is C14H20N2O2. The molecule has 2 atom stereocenters. The first-order valence-electron chi connectivity index (χ1n) is 6.57. The zero-order valence-electron chi connectivity index (χ0n) is 11.0. The summed E-state index contributed by atoms with van der Waals surface area (Å²) in [7, 11) is 0. The van der Waals surface area contributed by atoms with Gasteiger partial charge in [0, 0.05) is 0 Å². The number of hydrogen-bond acceptors (Lipinski definition) is 3. The predicted molar refractivity (Wildman–Crippen MR) is 69.8 cm³/mol. The zero-order chi connectivity index (χ0) is 13.2. The van der Waals surface area contributed by atoms with Crippen molar-refractivity contribution in [1.82, 2.24) is 10.2 Å². The molecule has 1 heterocycles. The third-order valence-corrected chi connectivity index (χ3v) is 4.04. The fraction of sp³-hybridized carbons (Fsp3) is 0.571. The van der Waals surface area contributed by atoms with E-state index in [0.717, 1.165) is 19.6 Å². The third kappa shape index (κ3) is 2.01. The zero-order valence-corrected chi connectivity index (χ0v) is 11.0. The van der Waals surface area contributed by atoms with Crippen molar-refractivity contribution in [3.05, 3.63) is 24.3 Å². The van der Waals surface area contributed by atoms with Gasteiger partial charge in [0.15, 0.2) is 0 Å². The van der Waals surface area contributed by atoms with Gasteiger partial charge < -0.3 is 4.90 Å². The molecule has 1 aliphatic carbocycles. The Morgan fingerprint density at radius 3 is 2.67 bits per heavy atom. The van der Waals surface area contributed by atoms with Crippen molar-refractivity contribution in [3.63, 3.8) is 0 Å². The minimum atomic E-state index is -0.658. The van der Waals surface area contributed by atoms with Crippen LogP contribution < -0.4 is 5.32 Å². The first kappa shape index (κ1) is 13.0. The van der Waals surface area contributed by atoms with Crippen LogP contribution in [0.25, 0.3) is 0 Å². The molecule has 0 aromatic heterocycles. The highest BCUT2D eigenvalue weighted by molar-refractivity contribution is 6.09. The van der Waals surface area contributed by atoms with Crippen LogP contribution in [-0.2, 0) is 9.59 Å². The summed E-state index contributed by atoms with van der Waals surface area (Å²) >= 11 is 0. The van der Waals surface area contributed by atoms with Gasteiger partial charge in [0.25, 0.3) is 0 Å². The van der Waals surface area contributed by atoms with Crippen molar-refractivity contribution in [2.24, 2.45) is 11.3 Å². The van der Waals surface area contributed by atoms with Crippen molar-refractivity contribution in [3.8, 4) is 0 Å². The number of nitrogens with zero attached hydrogens (tertiary/aromatic N) is 1. The van der Waals surface area contributed by atoms with Crippen molar-refractivity contribution in [2.75, 3.05) is 19.6 Å². The van der Waals surface area contributed by atoms with Gasteiger partial charge >= 0.3 is 0 Å². The van der Waals surface area contributed by atoms with Crippen LogP contribution in [0.1, 0.15) is 20.3 Å². The molecule has 1 N–H and O–H groups in total. The van der Waals surface area contributed by atoms with E-state index >= 15 is 0 Å². The normalized spacial score (nSPS) is 29.8. The van der Waals surface area contributed by atoms with Gasteiger partial charge in [0.1, 0.15) is 0 Å². The lowest BCUT2D eigenvalue weighted by Crippen LogP contribution is -2.38. The van der Waals surface area contributed by atoms with Crippen LogP contribution in [0.15, 0.2) is 24.3 Å². The number of rotatable bonds is 5. The number of carbonyl (C=O) groups excluding carboxylic acids is 2. The number of hydrogen-bond donors (Lipinski definition) is 1. The summed E-state index contributed by atoms with van der Waals surface area (Å²) in [5.74, 6) is -0.643. The Morgan fingerprint density at radius 2 is 2.00 bits per heavy atom. The van der Waals surface area contributed by atoms with Crippen molar-refractivity contribution >= 4 is 11.8 Å². The molecule has 2 amide bonds. The standard InChI is InChI=1S/C14H20N2O2/c1-3-16(4-2)10-9-14-8-6-5-7-11(14)12(17)15-13(14)18/h5-8,11H,3-4,9-10H2,1-2H3,(H,15,17,18).